The maximum atomic E-state index is 10.6. The number of aliphatic hydroxyl groups excluding tert-OH is 1. The van der Waals surface area contributed by atoms with E-state index in [-0.39, 0.29) is 11.5 Å². The number of hydrogen-bond acceptors (Lipinski definition) is 2. The average Bonchev–Trinajstić information content (AvgIpc) is 2.24. The minimum absolute atomic E-state index is 0.152. The van der Waals surface area contributed by atoms with Crippen molar-refractivity contribution in [2.75, 3.05) is 0 Å². The molecule has 19 heavy (non-hydrogen) atoms. The van der Waals surface area contributed by atoms with E-state index in [1.807, 2.05) is 13.0 Å². The van der Waals surface area contributed by atoms with Crippen molar-refractivity contribution in [3.8, 4) is 0 Å². The van der Waals surface area contributed by atoms with Gasteiger partial charge in [-0.3, -0.25) is 0 Å². The summed E-state index contributed by atoms with van der Waals surface area (Å²) in [6, 6.07) is 0. The van der Waals surface area contributed by atoms with E-state index in [1.165, 1.54) is 5.57 Å². The van der Waals surface area contributed by atoms with Gasteiger partial charge in [0.15, 0.2) is 8.32 Å². The van der Waals surface area contributed by atoms with Gasteiger partial charge in [-0.05, 0) is 53.3 Å². The largest absolute Gasteiger partial charge is 0.412 e. The molecule has 0 saturated heterocycles. The van der Waals surface area contributed by atoms with Crippen molar-refractivity contribution in [2.45, 2.75) is 72.4 Å². The van der Waals surface area contributed by atoms with Crippen molar-refractivity contribution in [1.29, 1.82) is 0 Å². The van der Waals surface area contributed by atoms with E-state index < -0.39 is 14.4 Å². The summed E-state index contributed by atoms with van der Waals surface area (Å²) in [6.45, 7) is 18.6. The van der Waals surface area contributed by atoms with Crippen LogP contribution in [-0.2, 0) is 4.43 Å². The predicted molar refractivity (Wildman–Crippen MR) is 86.9 cm³/mol. The molecule has 0 rings (SSSR count). The maximum Gasteiger partial charge on any atom is 0.184 e. The predicted octanol–water partition coefficient (Wildman–Crippen LogP) is 4.53. The molecule has 3 atom stereocenters. The zero-order valence-electron chi connectivity index (χ0n) is 13.8. The number of rotatable bonds is 8. The Morgan fingerprint density at radius 3 is 2.26 bits per heavy atom. The van der Waals surface area contributed by atoms with Crippen molar-refractivity contribution < 1.29 is 9.53 Å². The molecule has 0 amide bonds. The lowest BCUT2D eigenvalue weighted by Gasteiger charge is -2.37. The Kier molecular flexibility index (Phi) is 7.26. The average molecular weight is 285 g/mol. The topological polar surface area (TPSA) is 29.5 Å². The highest BCUT2D eigenvalue weighted by Gasteiger charge is 2.35. The van der Waals surface area contributed by atoms with Crippen LogP contribution < -0.4 is 0 Å². The van der Waals surface area contributed by atoms with Gasteiger partial charge in [0.1, 0.15) is 0 Å². The van der Waals surface area contributed by atoms with E-state index in [1.54, 1.807) is 0 Å². The highest BCUT2D eigenvalue weighted by Crippen LogP contribution is 2.33. The highest BCUT2D eigenvalue weighted by atomic mass is 28.4. The molecule has 0 spiro atoms. The Bertz CT molecular complexity index is 313. The third-order valence-corrected chi connectivity index (χ3v) is 4.44. The highest BCUT2D eigenvalue weighted by molar-refractivity contribution is 6.69. The molecule has 1 N–H and O–H groups in total. The minimum Gasteiger partial charge on any atom is -0.412 e. The summed E-state index contributed by atoms with van der Waals surface area (Å²) in [5, 5.41) is 10.6. The molecular weight excluding hydrogens is 252 g/mol. The van der Waals surface area contributed by atoms with Crippen LogP contribution in [0.4, 0.5) is 0 Å². The third-order valence-electron chi connectivity index (χ3n) is 3.36. The second kappa shape index (κ2) is 7.41. The summed E-state index contributed by atoms with van der Waals surface area (Å²) in [6.07, 6.45) is 5.27. The quantitative estimate of drug-likeness (QED) is 0.524. The normalized spacial score (nSPS) is 18.3. The van der Waals surface area contributed by atoms with Crippen molar-refractivity contribution >= 4 is 8.32 Å². The van der Waals surface area contributed by atoms with Crippen molar-refractivity contribution in [2.24, 2.45) is 5.41 Å². The van der Waals surface area contributed by atoms with Crippen LogP contribution in [0.3, 0.4) is 0 Å². The monoisotopic (exact) mass is 284 g/mol. The van der Waals surface area contributed by atoms with E-state index >= 15 is 0 Å². The van der Waals surface area contributed by atoms with Crippen LogP contribution in [-0.4, -0.2) is 25.6 Å². The molecule has 0 aromatic heterocycles. The Morgan fingerprint density at radius 2 is 1.89 bits per heavy atom. The van der Waals surface area contributed by atoms with E-state index in [2.05, 4.69) is 53.1 Å². The summed E-state index contributed by atoms with van der Waals surface area (Å²) < 4.78 is 6.00. The van der Waals surface area contributed by atoms with Crippen LogP contribution in [0, 0.1) is 5.41 Å². The fraction of sp³-hybridized carbons (Fsp3) is 0.750. The van der Waals surface area contributed by atoms with Gasteiger partial charge in [-0.25, -0.2) is 0 Å². The lowest BCUT2D eigenvalue weighted by molar-refractivity contribution is -0.0246. The second-order valence-electron chi connectivity index (χ2n) is 6.91. The molecule has 0 saturated carbocycles. The molecular formula is C16H32O2Si. The van der Waals surface area contributed by atoms with Gasteiger partial charge in [0, 0.05) is 5.41 Å². The first-order valence-corrected chi connectivity index (χ1v) is 10.6. The van der Waals surface area contributed by atoms with E-state index in [0.29, 0.717) is 0 Å². The van der Waals surface area contributed by atoms with Gasteiger partial charge in [-0.1, -0.05) is 24.6 Å². The summed E-state index contributed by atoms with van der Waals surface area (Å²) in [7, 11) is -1.63. The third kappa shape index (κ3) is 7.09. The summed E-state index contributed by atoms with van der Waals surface area (Å²) in [5.41, 5.74) is 1.01. The van der Waals surface area contributed by atoms with Gasteiger partial charge in [0.25, 0.3) is 0 Å². The molecule has 0 aliphatic rings. The van der Waals surface area contributed by atoms with Crippen LogP contribution in [0.15, 0.2) is 24.3 Å². The minimum atomic E-state index is -1.63. The fourth-order valence-electron chi connectivity index (χ4n) is 2.20. The van der Waals surface area contributed by atoms with E-state index in [9.17, 15) is 5.11 Å². The molecule has 0 heterocycles. The Labute approximate surface area is 120 Å². The van der Waals surface area contributed by atoms with Crippen LogP contribution in [0.25, 0.3) is 0 Å². The second-order valence-corrected chi connectivity index (χ2v) is 11.4. The lowest BCUT2D eigenvalue weighted by atomic mass is 9.78. The summed E-state index contributed by atoms with van der Waals surface area (Å²) in [4.78, 5) is 0. The Hall–Kier alpha value is -0.383. The molecule has 0 unspecified atom stereocenters. The van der Waals surface area contributed by atoms with Gasteiger partial charge < -0.3 is 9.53 Å². The Balaban J connectivity index is 4.72. The zero-order valence-corrected chi connectivity index (χ0v) is 14.8. The van der Waals surface area contributed by atoms with Crippen LogP contribution in [0.2, 0.25) is 19.6 Å². The number of allylic oxidation sites excluding steroid dienone is 2. The molecule has 0 bridgehead atoms. The molecule has 0 aromatic carbocycles. The van der Waals surface area contributed by atoms with Gasteiger partial charge in [0.2, 0.25) is 0 Å². The first-order chi connectivity index (χ1) is 8.52. The summed E-state index contributed by atoms with van der Waals surface area (Å²) >= 11 is 0. The van der Waals surface area contributed by atoms with Crippen molar-refractivity contribution in [1.82, 2.24) is 0 Å². The van der Waals surface area contributed by atoms with Crippen LogP contribution >= 0.6 is 0 Å². The molecule has 112 valence electrons. The van der Waals surface area contributed by atoms with Crippen LogP contribution in [0.5, 0.6) is 0 Å². The van der Waals surface area contributed by atoms with E-state index in [0.717, 1.165) is 12.8 Å². The summed E-state index contributed by atoms with van der Waals surface area (Å²) in [5.74, 6) is 0. The first-order valence-electron chi connectivity index (χ1n) is 7.14. The van der Waals surface area contributed by atoms with Crippen LogP contribution in [0.1, 0.15) is 40.5 Å². The molecule has 2 nitrogen and oxygen atoms in total. The molecule has 0 aliphatic carbocycles. The van der Waals surface area contributed by atoms with Crippen molar-refractivity contribution in [3.63, 3.8) is 0 Å². The molecule has 0 radical (unpaired) electrons. The standard InChI is InChI=1S/C16H32O2Si/c1-9-16(5,12-10-11-13(2)3)15(17)14(4)18-19(6,7)8/h9,11,14-15,17H,1,10,12H2,2-8H3/t14-,15+,16-/m1/s1. The zero-order chi connectivity index (χ0) is 15.3. The van der Waals surface area contributed by atoms with Crippen molar-refractivity contribution in [3.05, 3.63) is 24.3 Å². The van der Waals surface area contributed by atoms with Gasteiger partial charge >= 0.3 is 0 Å². The SMILES string of the molecule is C=C[C@](C)(CCC=C(C)C)[C@@H](O)[C@@H](C)O[Si](C)(C)C. The molecule has 0 aliphatic heterocycles. The fourth-order valence-corrected chi connectivity index (χ4v) is 3.45. The molecule has 0 aromatic rings. The first kappa shape index (κ1) is 18.6. The van der Waals surface area contributed by atoms with E-state index in [4.69, 9.17) is 4.43 Å². The maximum absolute atomic E-state index is 10.6. The van der Waals surface area contributed by atoms with Gasteiger partial charge in [-0.2, -0.15) is 0 Å². The molecule has 3 heteroatoms. The van der Waals surface area contributed by atoms with Gasteiger partial charge in [-0.15, -0.1) is 6.58 Å². The smallest absolute Gasteiger partial charge is 0.184 e. The molecule has 0 fully saturated rings. The number of hydrogen-bond donors (Lipinski definition) is 1. The number of aliphatic hydroxyl groups is 1. The van der Waals surface area contributed by atoms with Gasteiger partial charge in [0.05, 0.1) is 12.2 Å². The lowest BCUT2D eigenvalue weighted by Crippen LogP contribution is -2.44. The Morgan fingerprint density at radius 1 is 1.37 bits per heavy atom.